The number of halogens is 1. The van der Waals surface area contributed by atoms with Crippen LogP contribution in [0.3, 0.4) is 0 Å². The summed E-state index contributed by atoms with van der Waals surface area (Å²) in [5.41, 5.74) is 3.08. The molecule has 0 unspecified atom stereocenters. The third-order valence-electron chi connectivity index (χ3n) is 4.85. The molecule has 28 heavy (non-hydrogen) atoms. The molecule has 2 aromatic rings. The fourth-order valence-electron chi connectivity index (χ4n) is 3.30. The Balaban J connectivity index is 1.69. The fraction of sp³-hybridized carbons (Fsp3) is 0.364. The smallest absolute Gasteiger partial charge is 0.411 e. The van der Waals surface area contributed by atoms with Gasteiger partial charge in [0.15, 0.2) is 0 Å². The number of alkyl halides is 1. The average Bonchev–Trinajstić information content (AvgIpc) is 2.74. The van der Waals surface area contributed by atoms with Gasteiger partial charge in [0, 0.05) is 18.3 Å². The minimum atomic E-state index is -0.554. The SMILES string of the molecule is O=C(NCCCCBr)[C@H]1Cc2ccccc2CN1C(=O)OCc1ccccc1. The summed E-state index contributed by atoms with van der Waals surface area (Å²) in [6, 6.07) is 16.9. The number of carbonyl (C=O) groups is 2. The number of hydrogen-bond donors (Lipinski definition) is 1. The summed E-state index contributed by atoms with van der Waals surface area (Å²) in [6.07, 6.45) is 1.94. The maximum atomic E-state index is 12.8. The molecule has 0 fully saturated rings. The average molecular weight is 445 g/mol. The minimum Gasteiger partial charge on any atom is -0.445 e. The Morgan fingerprint density at radius 3 is 2.50 bits per heavy atom. The van der Waals surface area contributed by atoms with Gasteiger partial charge in [-0.15, -0.1) is 0 Å². The molecular formula is C22H25BrN2O3. The maximum absolute atomic E-state index is 12.8. The van der Waals surface area contributed by atoms with E-state index < -0.39 is 12.1 Å². The molecule has 2 amide bonds. The van der Waals surface area contributed by atoms with Crippen LogP contribution in [0.2, 0.25) is 0 Å². The van der Waals surface area contributed by atoms with Crippen LogP contribution in [-0.2, 0) is 29.1 Å². The van der Waals surface area contributed by atoms with Gasteiger partial charge in [0.25, 0.3) is 0 Å². The molecule has 1 atom stereocenters. The molecule has 1 N–H and O–H groups in total. The summed E-state index contributed by atoms with van der Waals surface area (Å²) in [5.74, 6) is -0.124. The first kappa shape index (κ1) is 20.4. The van der Waals surface area contributed by atoms with Gasteiger partial charge in [0.1, 0.15) is 12.6 Å². The number of benzene rings is 2. The van der Waals surface area contributed by atoms with E-state index in [0.29, 0.717) is 19.5 Å². The molecule has 0 saturated carbocycles. The highest BCUT2D eigenvalue weighted by Crippen LogP contribution is 2.24. The molecule has 5 nitrogen and oxygen atoms in total. The Bertz CT molecular complexity index is 797. The van der Waals surface area contributed by atoms with Gasteiger partial charge in [-0.05, 0) is 29.5 Å². The highest BCUT2D eigenvalue weighted by molar-refractivity contribution is 9.09. The lowest BCUT2D eigenvalue weighted by Crippen LogP contribution is -2.52. The van der Waals surface area contributed by atoms with E-state index in [1.165, 1.54) is 0 Å². The first-order valence-corrected chi connectivity index (χ1v) is 10.7. The van der Waals surface area contributed by atoms with E-state index in [1.807, 2.05) is 54.6 Å². The van der Waals surface area contributed by atoms with Crippen molar-refractivity contribution in [3.05, 3.63) is 71.3 Å². The highest BCUT2D eigenvalue weighted by Gasteiger charge is 2.35. The van der Waals surface area contributed by atoms with Crippen molar-refractivity contribution in [1.29, 1.82) is 0 Å². The Labute approximate surface area is 174 Å². The molecular weight excluding hydrogens is 420 g/mol. The van der Waals surface area contributed by atoms with E-state index in [-0.39, 0.29) is 12.5 Å². The standard InChI is InChI=1S/C22H25BrN2O3/c23-12-6-7-13-24-21(26)20-14-18-10-4-5-11-19(18)15-25(20)22(27)28-16-17-8-2-1-3-9-17/h1-5,8-11,20H,6-7,12-16H2,(H,24,26)/t20-/m1/s1. The first-order chi connectivity index (χ1) is 13.7. The van der Waals surface area contributed by atoms with Crippen LogP contribution in [-0.4, -0.2) is 34.8 Å². The Kier molecular flexibility index (Phi) is 7.48. The van der Waals surface area contributed by atoms with Crippen LogP contribution >= 0.6 is 15.9 Å². The monoisotopic (exact) mass is 444 g/mol. The van der Waals surface area contributed by atoms with Gasteiger partial charge in [-0.1, -0.05) is 70.5 Å². The molecule has 148 valence electrons. The predicted molar refractivity (Wildman–Crippen MR) is 112 cm³/mol. The summed E-state index contributed by atoms with van der Waals surface area (Å²) in [6.45, 7) is 1.18. The molecule has 0 bridgehead atoms. The zero-order valence-corrected chi connectivity index (χ0v) is 17.4. The quantitative estimate of drug-likeness (QED) is 0.517. The van der Waals surface area contributed by atoms with Gasteiger partial charge < -0.3 is 10.1 Å². The third-order valence-corrected chi connectivity index (χ3v) is 5.41. The summed E-state index contributed by atoms with van der Waals surface area (Å²) in [4.78, 5) is 27.1. The van der Waals surface area contributed by atoms with Crippen molar-refractivity contribution in [3.8, 4) is 0 Å². The first-order valence-electron chi connectivity index (χ1n) is 9.57. The number of nitrogens with one attached hydrogen (secondary N) is 1. The second-order valence-electron chi connectivity index (χ2n) is 6.84. The molecule has 0 saturated heterocycles. The minimum absolute atomic E-state index is 0.124. The zero-order chi connectivity index (χ0) is 19.8. The lowest BCUT2D eigenvalue weighted by Gasteiger charge is -2.35. The number of unbranched alkanes of at least 4 members (excludes halogenated alkanes) is 1. The van der Waals surface area contributed by atoms with E-state index in [9.17, 15) is 9.59 Å². The third kappa shape index (κ3) is 5.35. The number of nitrogens with zero attached hydrogens (tertiary/aromatic N) is 1. The van der Waals surface area contributed by atoms with Crippen LogP contribution < -0.4 is 5.32 Å². The van der Waals surface area contributed by atoms with E-state index in [0.717, 1.165) is 34.9 Å². The van der Waals surface area contributed by atoms with Gasteiger partial charge in [-0.25, -0.2) is 4.79 Å². The molecule has 3 rings (SSSR count). The van der Waals surface area contributed by atoms with Crippen LogP contribution in [0.15, 0.2) is 54.6 Å². The highest BCUT2D eigenvalue weighted by atomic mass is 79.9. The van der Waals surface area contributed by atoms with E-state index in [1.54, 1.807) is 4.90 Å². The van der Waals surface area contributed by atoms with Crippen LogP contribution in [0, 0.1) is 0 Å². The van der Waals surface area contributed by atoms with Crippen molar-refractivity contribution in [2.75, 3.05) is 11.9 Å². The molecule has 0 aliphatic carbocycles. The maximum Gasteiger partial charge on any atom is 0.411 e. The summed E-state index contributed by atoms with van der Waals surface area (Å²) in [7, 11) is 0. The Morgan fingerprint density at radius 2 is 1.75 bits per heavy atom. The summed E-state index contributed by atoms with van der Waals surface area (Å²) < 4.78 is 5.51. The van der Waals surface area contributed by atoms with Crippen molar-refractivity contribution in [2.24, 2.45) is 0 Å². The number of fused-ring (bicyclic) bond motifs is 1. The molecule has 2 aromatic carbocycles. The lowest BCUT2D eigenvalue weighted by molar-refractivity contribution is -0.126. The van der Waals surface area contributed by atoms with Crippen LogP contribution in [0.25, 0.3) is 0 Å². The molecule has 6 heteroatoms. The molecule has 0 radical (unpaired) electrons. The molecule has 1 aliphatic heterocycles. The number of ether oxygens (including phenoxy) is 1. The van der Waals surface area contributed by atoms with Gasteiger partial charge in [-0.2, -0.15) is 0 Å². The number of amides is 2. The van der Waals surface area contributed by atoms with E-state index >= 15 is 0 Å². The fourth-order valence-corrected chi connectivity index (χ4v) is 3.70. The van der Waals surface area contributed by atoms with Crippen molar-refractivity contribution >= 4 is 27.9 Å². The van der Waals surface area contributed by atoms with Gasteiger partial charge in [0.05, 0.1) is 6.54 Å². The molecule has 0 spiro atoms. The second-order valence-corrected chi connectivity index (χ2v) is 7.64. The van der Waals surface area contributed by atoms with Gasteiger partial charge in [-0.3, -0.25) is 9.69 Å². The van der Waals surface area contributed by atoms with Gasteiger partial charge >= 0.3 is 6.09 Å². The Morgan fingerprint density at radius 1 is 1.04 bits per heavy atom. The van der Waals surface area contributed by atoms with Crippen molar-refractivity contribution in [1.82, 2.24) is 10.2 Å². The molecule has 0 aromatic heterocycles. The summed E-state index contributed by atoms with van der Waals surface area (Å²) in [5, 5.41) is 3.88. The van der Waals surface area contributed by atoms with Crippen molar-refractivity contribution in [2.45, 2.75) is 38.5 Å². The Hall–Kier alpha value is -2.34. The van der Waals surface area contributed by atoms with E-state index in [4.69, 9.17) is 4.74 Å². The normalized spacial score (nSPS) is 15.6. The zero-order valence-electron chi connectivity index (χ0n) is 15.8. The lowest BCUT2D eigenvalue weighted by atomic mass is 9.94. The van der Waals surface area contributed by atoms with Crippen LogP contribution in [0.5, 0.6) is 0 Å². The number of carbonyl (C=O) groups excluding carboxylic acids is 2. The molecule has 1 aliphatic rings. The van der Waals surface area contributed by atoms with Crippen molar-refractivity contribution in [3.63, 3.8) is 0 Å². The van der Waals surface area contributed by atoms with Gasteiger partial charge in [0.2, 0.25) is 5.91 Å². The predicted octanol–water partition coefficient (Wildman–Crippen LogP) is 4.04. The number of hydrogen-bond acceptors (Lipinski definition) is 3. The van der Waals surface area contributed by atoms with E-state index in [2.05, 4.69) is 21.2 Å². The van der Waals surface area contributed by atoms with Crippen LogP contribution in [0.1, 0.15) is 29.5 Å². The second kappa shape index (κ2) is 10.3. The number of rotatable bonds is 7. The summed E-state index contributed by atoms with van der Waals surface area (Å²) >= 11 is 3.39. The largest absolute Gasteiger partial charge is 0.445 e. The molecule has 1 heterocycles. The topological polar surface area (TPSA) is 58.6 Å². The van der Waals surface area contributed by atoms with Crippen molar-refractivity contribution < 1.29 is 14.3 Å². The van der Waals surface area contributed by atoms with Crippen LogP contribution in [0.4, 0.5) is 4.79 Å².